The van der Waals surface area contributed by atoms with Crippen molar-refractivity contribution in [2.45, 2.75) is 111 Å². The Balaban J connectivity index is 1.69. The van der Waals surface area contributed by atoms with E-state index in [0.717, 1.165) is 11.1 Å². The lowest BCUT2D eigenvalue weighted by Gasteiger charge is -2.39. The summed E-state index contributed by atoms with van der Waals surface area (Å²) in [6.45, 7) is 20.6. The highest BCUT2D eigenvalue weighted by Crippen LogP contribution is 2.65. The Morgan fingerprint density at radius 1 is 0.891 bits per heavy atom. The molecule has 12 nitrogen and oxygen atoms in total. The van der Waals surface area contributed by atoms with Crippen molar-refractivity contribution >= 4 is 35.5 Å². The summed E-state index contributed by atoms with van der Waals surface area (Å²) in [4.78, 5) is 84.3. The number of ether oxygens (including phenoxy) is 1. The lowest BCUT2D eigenvalue weighted by atomic mass is 9.82. The summed E-state index contributed by atoms with van der Waals surface area (Å²) in [5.74, 6) is -4.03. The summed E-state index contributed by atoms with van der Waals surface area (Å²) in [5, 5.41) is 11.1. The Labute approximate surface area is 325 Å². The van der Waals surface area contributed by atoms with Gasteiger partial charge in [-0.3, -0.25) is 24.0 Å². The average molecular weight is 758 g/mol. The number of hydrogen-bond donors (Lipinski definition) is 4. The number of hydrogen-bond acceptors (Lipinski definition) is 7. The molecule has 5 amide bonds. The first kappa shape index (κ1) is 42.7. The minimum absolute atomic E-state index is 0.0156. The molecule has 0 aromatic heterocycles. The van der Waals surface area contributed by atoms with Gasteiger partial charge in [0.2, 0.25) is 23.5 Å². The Kier molecular flexibility index (Phi) is 13.4. The third kappa shape index (κ3) is 10.2. The van der Waals surface area contributed by atoms with Crippen molar-refractivity contribution in [3.63, 3.8) is 0 Å². The number of amides is 5. The zero-order valence-electron chi connectivity index (χ0n) is 33.7. The fraction of sp³-hybridized carbons (Fsp3) is 0.535. The van der Waals surface area contributed by atoms with E-state index in [0.29, 0.717) is 6.42 Å². The minimum atomic E-state index is -1.21. The molecule has 1 aliphatic carbocycles. The van der Waals surface area contributed by atoms with Crippen LogP contribution in [0.2, 0.25) is 0 Å². The van der Waals surface area contributed by atoms with E-state index in [2.05, 4.69) is 27.8 Å². The van der Waals surface area contributed by atoms with Gasteiger partial charge < -0.3 is 30.9 Å². The van der Waals surface area contributed by atoms with Crippen molar-refractivity contribution in [3.8, 4) is 0 Å². The number of carbonyl (C=O) groups excluding carboxylic acids is 6. The Hall–Kier alpha value is -5.00. The highest BCUT2D eigenvalue weighted by molar-refractivity contribution is 6.38. The molecule has 3 unspecified atom stereocenters. The van der Waals surface area contributed by atoms with Crippen LogP contribution in [0, 0.1) is 22.7 Å². The zero-order valence-corrected chi connectivity index (χ0v) is 33.7. The zero-order chi connectivity index (χ0) is 40.9. The van der Waals surface area contributed by atoms with E-state index in [9.17, 15) is 28.8 Å². The number of Topliss-reactive ketones (excluding diaryl/α,β-unsaturated/α-hetero) is 1. The lowest BCUT2D eigenvalue weighted by Crippen LogP contribution is -2.62. The van der Waals surface area contributed by atoms with Crippen LogP contribution in [0.4, 0.5) is 4.79 Å². The van der Waals surface area contributed by atoms with Gasteiger partial charge in [0.1, 0.15) is 23.7 Å². The van der Waals surface area contributed by atoms with E-state index >= 15 is 0 Å². The number of piperidine rings is 1. The maximum absolute atomic E-state index is 14.8. The number of alkyl carbamates (subject to hydrolysis) is 1. The quantitative estimate of drug-likeness (QED) is 0.149. The number of fused-ring (bicyclic) bond motifs is 1. The number of ketones is 1. The maximum atomic E-state index is 14.8. The van der Waals surface area contributed by atoms with E-state index in [1.54, 1.807) is 20.8 Å². The van der Waals surface area contributed by atoms with Crippen LogP contribution in [0.15, 0.2) is 73.3 Å². The van der Waals surface area contributed by atoms with Crippen LogP contribution in [0.5, 0.6) is 0 Å². The van der Waals surface area contributed by atoms with E-state index < -0.39 is 76.6 Å². The van der Waals surface area contributed by atoms with Gasteiger partial charge in [-0.25, -0.2) is 4.79 Å². The van der Waals surface area contributed by atoms with Crippen LogP contribution >= 0.6 is 0 Å². The number of benzene rings is 2. The third-order valence-corrected chi connectivity index (χ3v) is 10.6. The maximum Gasteiger partial charge on any atom is 0.408 e. The van der Waals surface area contributed by atoms with Crippen molar-refractivity contribution in [2.24, 2.45) is 22.7 Å². The minimum Gasteiger partial charge on any atom is -0.444 e. The molecule has 2 aliphatic rings. The van der Waals surface area contributed by atoms with Crippen LogP contribution in [0.3, 0.4) is 0 Å². The molecule has 4 rings (SSSR count). The van der Waals surface area contributed by atoms with Crippen molar-refractivity contribution in [2.75, 3.05) is 13.1 Å². The van der Waals surface area contributed by atoms with E-state index in [4.69, 9.17) is 4.74 Å². The highest BCUT2D eigenvalue weighted by Gasteiger charge is 2.70. The highest BCUT2D eigenvalue weighted by atomic mass is 16.6. The monoisotopic (exact) mass is 757 g/mol. The number of nitrogens with zero attached hydrogens (tertiary/aromatic N) is 1. The van der Waals surface area contributed by atoms with Crippen LogP contribution in [-0.2, 0) is 28.7 Å². The summed E-state index contributed by atoms with van der Waals surface area (Å²) in [6.07, 6.45) is 1.43. The van der Waals surface area contributed by atoms with Crippen molar-refractivity contribution < 1.29 is 33.5 Å². The second kappa shape index (κ2) is 17.2. The van der Waals surface area contributed by atoms with Crippen molar-refractivity contribution in [1.29, 1.82) is 0 Å². The Bertz CT molecular complexity index is 1690. The van der Waals surface area contributed by atoms with Crippen LogP contribution in [0.1, 0.15) is 92.2 Å². The molecule has 55 heavy (non-hydrogen) atoms. The largest absolute Gasteiger partial charge is 0.444 e. The molecule has 298 valence electrons. The second-order valence-corrected chi connectivity index (χ2v) is 17.3. The van der Waals surface area contributed by atoms with Gasteiger partial charge in [0.15, 0.2) is 0 Å². The molecule has 4 N–H and O–H groups in total. The molecule has 1 saturated heterocycles. The van der Waals surface area contributed by atoms with Gasteiger partial charge in [0.05, 0.1) is 6.04 Å². The fourth-order valence-corrected chi connectivity index (χ4v) is 7.72. The molecular formula is C43H59N5O7. The summed E-state index contributed by atoms with van der Waals surface area (Å²) in [7, 11) is 0. The number of carbonyl (C=O) groups is 6. The molecule has 1 saturated carbocycles. The number of rotatable bonds is 15. The SMILES string of the molecule is C=CCNC(=O)C(=O)C(CCC)NC(=O)[C@@H]1C2C(CN1C(=O)[C@@H](NC(=O)[C@@H](NC(=O)OC(C)(C)C)C(c1ccccc1)c1ccccc1)C(C)(C)C)C2(C)C. The number of nitrogens with one attached hydrogen (secondary N) is 4. The van der Waals surface area contributed by atoms with Crippen LogP contribution in [0.25, 0.3) is 0 Å². The molecule has 12 heteroatoms. The first-order valence-electron chi connectivity index (χ1n) is 19.2. The van der Waals surface area contributed by atoms with Gasteiger partial charge in [0.25, 0.3) is 5.91 Å². The fourth-order valence-electron chi connectivity index (χ4n) is 7.72. The topological polar surface area (TPSA) is 163 Å². The second-order valence-electron chi connectivity index (χ2n) is 17.3. The predicted molar refractivity (Wildman–Crippen MR) is 211 cm³/mol. The van der Waals surface area contributed by atoms with E-state index in [1.165, 1.54) is 11.0 Å². The molecular weight excluding hydrogens is 699 g/mol. The standard InChI is InChI=1S/C43H59N5O7/c1-11-19-29(34(49)38(52)44-24-12-2)45-37(51)33-31-28(43(31,9)10)25-48(33)39(53)35(41(3,4)5)47-36(50)32(46-40(54)55-42(6,7)8)30(26-20-15-13-16-21-26)27-22-17-14-18-23-27/h12-18,20-23,28-33,35H,2,11,19,24-25H2,1,3-10H3,(H,44,52)(H,45,51)(H,46,54)(H,47,50)/t28?,29?,31?,32-,33-,35+/m0/s1. The first-order chi connectivity index (χ1) is 25.7. The molecule has 6 atom stereocenters. The molecule has 0 bridgehead atoms. The van der Waals surface area contributed by atoms with Gasteiger partial charge in [-0.1, -0.05) is 115 Å². The summed E-state index contributed by atoms with van der Waals surface area (Å²) >= 11 is 0. The summed E-state index contributed by atoms with van der Waals surface area (Å²) < 4.78 is 5.61. The van der Waals surface area contributed by atoms with Crippen LogP contribution in [-0.4, -0.2) is 83.3 Å². The van der Waals surface area contributed by atoms with E-state index in [-0.39, 0.29) is 36.8 Å². The van der Waals surface area contributed by atoms with Gasteiger partial charge >= 0.3 is 6.09 Å². The average Bonchev–Trinajstić information content (AvgIpc) is 3.41. The van der Waals surface area contributed by atoms with Gasteiger partial charge in [-0.2, -0.15) is 0 Å². The van der Waals surface area contributed by atoms with E-state index in [1.807, 2.05) is 102 Å². The van der Waals surface area contributed by atoms with Gasteiger partial charge in [-0.05, 0) is 61.0 Å². The molecule has 2 aromatic carbocycles. The van der Waals surface area contributed by atoms with Crippen molar-refractivity contribution in [1.82, 2.24) is 26.2 Å². The van der Waals surface area contributed by atoms with Gasteiger partial charge in [-0.15, -0.1) is 6.58 Å². The Morgan fingerprint density at radius 3 is 1.95 bits per heavy atom. The molecule has 2 fully saturated rings. The smallest absolute Gasteiger partial charge is 0.408 e. The molecule has 2 aromatic rings. The first-order valence-corrected chi connectivity index (χ1v) is 19.2. The molecule has 1 aliphatic heterocycles. The molecule has 1 heterocycles. The molecule has 0 radical (unpaired) electrons. The van der Waals surface area contributed by atoms with Crippen LogP contribution < -0.4 is 21.3 Å². The van der Waals surface area contributed by atoms with Crippen molar-refractivity contribution in [3.05, 3.63) is 84.4 Å². The van der Waals surface area contributed by atoms with Gasteiger partial charge in [0, 0.05) is 19.0 Å². The predicted octanol–water partition coefficient (Wildman–Crippen LogP) is 4.88. The normalized spacial score (nSPS) is 20.3. The Morgan fingerprint density at radius 2 is 1.45 bits per heavy atom. The molecule has 0 spiro atoms. The number of likely N-dealkylation sites (tertiary alicyclic amines) is 1. The summed E-state index contributed by atoms with van der Waals surface area (Å²) in [5.41, 5.74) is -0.412. The lowest BCUT2D eigenvalue weighted by molar-refractivity contribution is -0.146. The summed E-state index contributed by atoms with van der Waals surface area (Å²) in [6, 6.07) is 14.3. The third-order valence-electron chi connectivity index (χ3n) is 10.6.